The van der Waals surface area contributed by atoms with Crippen LogP contribution < -0.4 is 10.0 Å². The Bertz CT molecular complexity index is 620. The maximum atomic E-state index is 11.8. The van der Waals surface area contributed by atoms with E-state index in [1.807, 2.05) is 0 Å². The minimum absolute atomic E-state index is 0.294. The Labute approximate surface area is 123 Å². The molecule has 0 bridgehead atoms. The average Bonchev–Trinajstić information content (AvgIpc) is 2.92. The third kappa shape index (κ3) is 4.06. The van der Waals surface area contributed by atoms with Crippen molar-refractivity contribution in [2.24, 2.45) is 0 Å². The molecule has 0 fully saturated rings. The highest BCUT2D eigenvalue weighted by molar-refractivity contribution is 7.89. The fourth-order valence-electron chi connectivity index (χ4n) is 1.81. The molecule has 0 aliphatic rings. The van der Waals surface area contributed by atoms with Crippen molar-refractivity contribution in [3.8, 4) is 0 Å². The fraction of sp³-hybridized carbons (Fsp3) is 0.286. The highest BCUT2D eigenvalue weighted by Gasteiger charge is 2.11. The van der Waals surface area contributed by atoms with Crippen molar-refractivity contribution < 1.29 is 8.42 Å². The van der Waals surface area contributed by atoms with Gasteiger partial charge in [-0.05, 0) is 53.1 Å². The van der Waals surface area contributed by atoms with Crippen molar-refractivity contribution in [1.29, 1.82) is 0 Å². The molecule has 2 N–H and O–H groups in total. The van der Waals surface area contributed by atoms with Crippen LogP contribution in [0.15, 0.2) is 46.0 Å². The molecule has 0 aliphatic carbocycles. The summed E-state index contributed by atoms with van der Waals surface area (Å²) in [5.41, 5.74) is 2.24. The largest absolute Gasteiger partial charge is 0.385 e. The summed E-state index contributed by atoms with van der Waals surface area (Å²) in [6.45, 7) is 2.98. The smallest absolute Gasteiger partial charge is 0.240 e. The highest BCUT2D eigenvalue weighted by atomic mass is 32.2. The second-order valence-corrected chi connectivity index (χ2v) is 6.88. The third-order valence-corrected chi connectivity index (χ3v) is 5.12. The summed E-state index contributed by atoms with van der Waals surface area (Å²) in [4.78, 5) is 0.294. The van der Waals surface area contributed by atoms with Crippen LogP contribution in [0.25, 0.3) is 0 Å². The summed E-state index contributed by atoms with van der Waals surface area (Å²) in [5, 5.41) is 7.48. The van der Waals surface area contributed by atoms with E-state index in [0.29, 0.717) is 11.4 Å². The van der Waals surface area contributed by atoms with E-state index >= 15 is 0 Å². The lowest BCUT2D eigenvalue weighted by molar-refractivity contribution is 0.584. The van der Waals surface area contributed by atoms with Gasteiger partial charge in [-0.2, -0.15) is 11.3 Å². The first kappa shape index (κ1) is 15.0. The standard InChI is InChI=1S/C14H18N2O2S2/c1-2-16-20(17,18)14-5-3-13(4-6-14)15-9-7-12-8-10-19-11-12/h3-6,8,10-11,15-16H,2,7,9H2,1H3. The lowest BCUT2D eigenvalue weighted by Crippen LogP contribution is -2.23. The first-order chi connectivity index (χ1) is 9.62. The summed E-state index contributed by atoms with van der Waals surface area (Å²) in [6, 6.07) is 8.92. The van der Waals surface area contributed by atoms with E-state index in [1.165, 1.54) is 5.56 Å². The van der Waals surface area contributed by atoms with Gasteiger partial charge in [0.25, 0.3) is 0 Å². The first-order valence-electron chi connectivity index (χ1n) is 6.46. The molecule has 2 rings (SSSR count). The van der Waals surface area contributed by atoms with Crippen molar-refractivity contribution in [3.63, 3.8) is 0 Å². The van der Waals surface area contributed by atoms with E-state index in [-0.39, 0.29) is 0 Å². The van der Waals surface area contributed by atoms with Crippen LogP contribution in [0.1, 0.15) is 12.5 Å². The van der Waals surface area contributed by atoms with E-state index in [2.05, 4.69) is 26.9 Å². The Morgan fingerprint density at radius 1 is 1.15 bits per heavy atom. The molecular weight excluding hydrogens is 292 g/mol. The molecule has 108 valence electrons. The molecule has 20 heavy (non-hydrogen) atoms. The molecular formula is C14H18N2O2S2. The summed E-state index contributed by atoms with van der Waals surface area (Å²) < 4.78 is 26.0. The van der Waals surface area contributed by atoms with Gasteiger partial charge in [-0.25, -0.2) is 13.1 Å². The molecule has 0 saturated heterocycles. The number of anilines is 1. The van der Waals surface area contributed by atoms with Gasteiger partial charge >= 0.3 is 0 Å². The van der Waals surface area contributed by atoms with Crippen LogP contribution in [0, 0.1) is 0 Å². The molecule has 0 radical (unpaired) electrons. The lowest BCUT2D eigenvalue weighted by Gasteiger charge is -2.08. The molecule has 0 amide bonds. The third-order valence-electron chi connectivity index (χ3n) is 2.82. The number of hydrogen-bond donors (Lipinski definition) is 2. The van der Waals surface area contributed by atoms with E-state index in [1.54, 1.807) is 42.5 Å². The van der Waals surface area contributed by atoms with E-state index in [0.717, 1.165) is 18.7 Å². The Kier molecular flexibility index (Phi) is 5.17. The molecule has 1 aromatic heterocycles. The van der Waals surface area contributed by atoms with Gasteiger partial charge in [-0.15, -0.1) is 0 Å². The molecule has 0 saturated carbocycles. The maximum Gasteiger partial charge on any atom is 0.240 e. The molecule has 1 heterocycles. The number of hydrogen-bond acceptors (Lipinski definition) is 4. The van der Waals surface area contributed by atoms with Crippen LogP contribution in [0.2, 0.25) is 0 Å². The second-order valence-electron chi connectivity index (χ2n) is 4.33. The Morgan fingerprint density at radius 3 is 2.50 bits per heavy atom. The predicted octanol–water partition coefficient (Wildman–Crippen LogP) is 2.70. The maximum absolute atomic E-state index is 11.8. The number of rotatable bonds is 7. The van der Waals surface area contributed by atoms with Gasteiger partial charge in [0.15, 0.2) is 0 Å². The zero-order valence-corrected chi connectivity index (χ0v) is 12.9. The van der Waals surface area contributed by atoms with Gasteiger partial charge in [0, 0.05) is 18.8 Å². The molecule has 0 aliphatic heterocycles. The molecule has 4 nitrogen and oxygen atoms in total. The second kappa shape index (κ2) is 6.88. The zero-order valence-electron chi connectivity index (χ0n) is 11.3. The minimum Gasteiger partial charge on any atom is -0.385 e. The van der Waals surface area contributed by atoms with Crippen molar-refractivity contribution in [2.45, 2.75) is 18.2 Å². The molecule has 6 heteroatoms. The van der Waals surface area contributed by atoms with Crippen molar-refractivity contribution >= 4 is 27.0 Å². The SMILES string of the molecule is CCNS(=O)(=O)c1ccc(NCCc2ccsc2)cc1. The Morgan fingerprint density at radius 2 is 1.90 bits per heavy atom. The van der Waals surface area contributed by atoms with Gasteiger partial charge < -0.3 is 5.32 Å². The van der Waals surface area contributed by atoms with Gasteiger partial charge in [-0.1, -0.05) is 6.92 Å². The minimum atomic E-state index is -3.36. The lowest BCUT2D eigenvalue weighted by atomic mass is 10.2. The van der Waals surface area contributed by atoms with E-state index in [9.17, 15) is 8.42 Å². The van der Waals surface area contributed by atoms with Crippen LogP contribution in [0.4, 0.5) is 5.69 Å². The van der Waals surface area contributed by atoms with Gasteiger partial charge in [0.2, 0.25) is 10.0 Å². The normalized spacial score (nSPS) is 11.4. The van der Waals surface area contributed by atoms with Gasteiger partial charge in [-0.3, -0.25) is 0 Å². The van der Waals surface area contributed by atoms with Crippen LogP contribution in [-0.2, 0) is 16.4 Å². The quantitative estimate of drug-likeness (QED) is 0.826. The number of benzene rings is 1. The Balaban J connectivity index is 1.91. The Hall–Kier alpha value is -1.37. The van der Waals surface area contributed by atoms with E-state index < -0.39 is 10.0 Å². The summed E-state index contributed by atoms with van der Waals surface area (Å²) in [7, 11) is -3.36. The molecule has 2 aromatic rings. The average molecular weight is 310 g/mol. The topological polar surface area (TPSA) is 58.2 Å². The van der Waals surface area contributed by atoms with Gasteiger partial charge in [0.05, 0.1) is 4.90 Å². The van der Waals surface area contributed by atoms with Crippen LogP contribution in [-0.4, -0.2) is 21.5 Å². The number of thiophene rings is 1. The summed E-state index contributed by atoms with van der Waals surface area (Å²) in [5.74, 6) is 0. The predicted molar refractivity (Wildman–Crippen MR) is 83.8 cm³/mol. The molecule has 0 atom stereocenters. The zero-order chi connectivity index (χ0) is 14.4. The monoisotopic (exact) mass is 310 g/mol. The molecule has 0 spiro atoms. The van der Waals surface area contributed by atoms with E-state index in [4.69, 9.17) is 0 Å². The number of nitrogens with one attached hydrogen (secondary N) is 2. The molecule has 1 aromatic carbocycles. The van der Waals surface area contributed by atoms with Crippen molar-refractivity contribution in [2.75, 3.05) is 18.4 Å². The van der Waals surface area contributed by atoms with Gasteiger partial charge in [0.1, 0.15) is 0 Å². The van der Waals surface area contributed by atoms with Crippen LogP contribution in [0.3, 0.4) is 0 Å². The van der Waals surface area contributed by atoms with Crippen molar-refractivity contribution in [3.05, 3.63) is 46.7 Å². The first-order valence-corrected chi connectivity index (χ1v) is 8.89. The number of sulfonamides is 1. The molecule has 0 unspecified atom stereocenters. The summed E-state index contributed by atoms with van der Waals surface area (Å²) >= 11 is 1.69. The van der Waals surface area contributed by atoms with Crippen LogP contribution >= 0.6 is 11.3 Å². The highest BCUT2D eigenvalue weighted by Crippen LogP contribution is 2.14. The van der Waals surface area contributed by atoms with Crippen molar-refractivity contribution in [1.82, 2.24) is 4.72 Å². The van der Waals surface area contributed by atoms with Crippen LogP contribution in [0.5, 0.6) is 0 Å². The fourth-order valence-corrected chi connectivity index (χ4v) is 3.56. The summed E-state index contributed by atoms with van der Waals surface area (Å²) in [6.07, 6.45) is 0.959.